The van der Waals surface area contributed by atoms with Crippen LogP contribution >= 0.6 is 0 Å². The molecule has 0 saturated carbocycles. The highest BCUT2D eigenvalue weighted by Gasteiger charge is 2.37. The second-order valence-electron chi connectivity index (χ2n) is 5.51. The average Bonchev–Trinajstić information content (AvgIpc) is 2.38. The van der Waals surface area contributed by atoms with Crippen LogP contribution in [0.3, 0.4) is 0 Å². The number of nitrogens with two attached hydrogens (primary N) is 1. The van der Waals surface area contributed by atoms with E-state index in [9.17, 15) is 17.2 Å². The van der Waals surface area contributed by atoms with Gasteiger partial charge in [-0.3, -0.25) is 0 Å². The van der Waals surface area contributed by atoms with Crippen LogP contribution in [-0.4, -0.2) is 24.8 Å². The predicted octanol–water partition coefficient (Wildman–Crippen LogP) is 2.38. The highest BCUT2D eigenvalue weighted by molar-refractivity contribution is 7.89. The molecule has 1 saturated heterocycles. The van der Waals surface area contributed by atoms with Gasteiger partial charge < -0.3 is 5.73 Å². The van der Waals surface area contributed by atoms with Crippen LogP contribution in [0.2, 0.25) is 0 Å². The summed E-state index contributed by atoms with van der Waals surface area (Å²) in [5.74, 6) is -1.91. The molecule has 1 aromatic rings. The van der Waals surface area contributed by atoms with Gasteiger partial charge >= 0.3 is 0 Å². The second kappa shape index (κ2) is 5.98. The predicted molar refractivity (Wildman–Crippen MR) is 76.0 cm³/mol. The van der Waals surface area contributed by atoms with E-state index in [4.69, 9.17) is 5.73 Å². The molecule has 1 aliphatic rings. The second-order valence-corrected chi connectivity index (χ2v) is 7.32. The molecule has 118 valence electrons. The Balaban J connectivity index is 2.54. The molecule has 2 N–H and O–H groups in total. The largest absolute Gasteiger partial charge is 0.326 e. The van der Waals surface area contributed by atoms with Gasteiger partial charge in [0.2, 0.25) is 10.0 Å². The van der Waals surface area contributed by atoms with Crippen molar-refractivity contribution < 1.29 is 17.2 Å². The van der Waals surface area contributed by atoms with Crippen LogP contribution in [0, 0.1) is 11.6 Å². The highest BCUT2D eigenvalue weighted by atomic mass is 32.2. The van der Waals surface area contributed by atoms with E-state index in [1.54, 1.807) is 13.8 Å². The third kappa shape index (κ3) is 2.82. The monoisotopic (exact) mass is 318 g/mol. The van der Waals surface area contributed by atoms with Gasteiger partial charge in [0.15, 0.2) is 5.82 Å². The van der Waals surface area contributed by atoms with E-state index in [0.717, 1.165) is 31.4 Å². The minimum Gasteiger partial charge on any atom is -0.326 e. The van der Waals surface area contributed by atoms with Gasteiger partial charge in [-0.25, -0.2) is 17.2 Å². The fraction of sp³-hybridized carbons (Fsp3) is 0.571. The quantitative estimate of drug-likeness (QED) is 0.930. The van der Waals surface area contributed by atoms with Crippen molar-refractivity contribution in [3.8, 4) is 0 Å². The Bertz CT molecular complexity index is 624. The first-order valence-electron chi connectivity index (χ1n) is 7.01. The summed E-state index contributed by atoms with van der Waals surface area (Å²) in [6.07, 6.45) is 2.40. The van der Waals surface area contributed by atoms with Gasteiger partial charge in [-0.15, -0.1) is 0 Å². The minimum absolute atomic E-state index is 0.204. The van der Waals surface area contributed by atoms with Crippen LogP contribution in [-0.2, 0) is 16.6 Å². The minimum atomic E-state index is -4.00. The Morgan fingerprint density at radius 3 is 2.33 bits per heavy atom. The molecule has 2 rings (SSSR count). The molecule has 0 spiro atoms. The number of piperidine rings is 1. The lowest BCUT2D eigenvalue weighted by molar-refractivity contribution is 0.203. The number of halogens is 2. The maximum absolute atomic E-state index is 14.3. The van der Waals surface area contributed by atoms with Gasteiger partial charge in [0.1, 0.15) is 10.7 Å². The Morgan fingerprint density at radius 1 is 1.24 bits per heavy atom. The molecule has 1 aliphatic heterocycles. The first-order valence-corrected chi connectivity index (χ1v) is 8.45. The van der Waals surface area contributed by atoms with Crippen molar-refractivity contribution in [3.05, 3.63) is 29.3 Å². The lowest BCUT2D eigenvalue weighted by atomic mass is 10.0. The summed E-state index contributed by atoms with van der Waals surface area (Å²) >= 11 is 0. The maximum Gasteiger partial charge on any atom is 0.246 e. The summed E-state index contributed by atoms with van der Waals surface area (Å²) in [6, 6.07) is 1.53. The van der Waals surface area contributed by atoms with Crippen molar-refractivity contribution in [1.29, 1.82) is 0 Å². The molecule has 0 aromatic heterocycles. The normalized spacial score (nSPS) is 24.2. The summed E-state index contributed by atoms with van der Waals surface area (Å²) < 4.78 is 54.6. The summed E-state index contributed by atoms with van der Waals surface area (Å²) in [7, 11) is -4.00. The van der Waals surface area contributed by atoms with Crippen molar-refractivity contribution in [2.75, 3.05) is 0 Å². The standard InChI is InChI=1S/C14H20F2N2O2S/c1-9-4-3-5-10(2)18(9)21(19,20)13-7-6-12(15)11(8-17)14(13)16/h6-7,9-10H,3-5,8,17H2,1-2H3/t9-,10+. The van der Waals surface area contributed by atoms with Crippen LogP contribution in [0.5, 0.6) is 0 Å². The lowest BCUT2D eigenvalue weighted by Gasteiger charge is -2.37. The van der Waals surface area contributed by atoms with Gasteiger partial charge in [0.05, 0.1) is 0 Å². The van der Waals surface area contributed by atoms with Crippen molar-refractivity contribution in [2.24, 2.45) is 5.73 Å². The summed E-state index contributed by atoms with van der Waals surface area (Å²) in [5, 5.41) is 0. The molecule has 0 bridgehead atoms. The molecule has 1 fully saturated rings. The van der Waals surface area contributed by atoms with E-state index in [2.05, 4.69) is 0 Å². The maximum atomic E-state index is 14.3. The number of nitrogens with zero attached hydrogens (tertiary/aromatic N) is 1. The van der Waals surface area contributed by atoms with Gasteiger partial charge in [-0.1, -0.05) is 6.42 Å². The Labute approximate surface area is 124 Å². The molecule has 0 unspecified atom stereocenters. The van der Waals surface area contributed by atoms with E-state index in [0.29, 0.717) is 0 Å². The van der Waals surface area contributed by atoms with Crippen LogP contribution < -0.4 is 5.73 Å². The number of hydrogen-bond acceptors (Lipinski definition) is 3. The fourth-order valence-electron chi connectivity index (χ4n) is 2.95. The third-order valence-electron chi connectivity index (χ3n) is 4.02. The molecule has 1 heterocycles. The molecule has 0 aliphatic carbocycles. The Morgan fingerprint density at radius 2 is 1.81 bits per heavy atom. The Kier molecular flexibility index (Phi) is 4.65. The number of rotatable bonds is 3. The first kappa shape index (κ1) is 16.3. The summed E-state index contributed by atoms with van der Waals surface area (Å²) in [6.45, 7) is 3.23. The number of hydrogen-bond donors (Lipinski definition) is 1. The van der Waals surface area contributed by atoms with Gasteiger partial charge in [0.25, 0.3) is 0 Å². The molecule has 21 heavy (non-hydrogen) atoms. The highest BCUT2D eigenvalue weighted by Crippen LogP contribution is 2.31. The van der Waals surface area contributed by atoms with E-state index >= 15 is 0 Å². The molecule has 4 nitrogen and oxygen atoms in total. The SMILES string of the molecule is C[C@@H]1CCC[C@H](C)N1S(=O)(=O)c1ccc(F)c(CN)c1F. The van der Waals surface area contributed by atoms with Gasteiger partial charge in [-0.2, -0.15) is 4.31 Å². The van der Waals surface area contributed by atoms with Crippen LogP contribution in [0.1, 0.15) is 38.7 Å². The van der Waals surface area contributed by atoms with Crippen LogP contribution in [0.15, 0.2) is 17.0 Å². The fourth-order valence-corrected chi connectivity index (χ4v) is 4.92. The molecular weight excluding hydrogens is 298 g/mol. The zero-order chi connectivity index (χ0) is 15.8. The molecule has 0 amide bonds. The first-order chi connectivity index (χ1) is 9.80. The van der Waals surface area contributed by atoms with Crippen molar-refractivity contribution in [2.45, 2.75) is 56.6 Å². The number of sulfonamides is 1. The van der Waals surface area contributed by atoms with E-state index < -0.39 is 32.1 Å². The van der Waals surface area contributed by atoms with Crippen molar-refractivity contribution in [3.63, 3.8) is 0 Å². The third-order valence-corrected chi connectivity index (χ3v) is 6.17. The molecular formula is C14H20F2N2O2S. The summed E-state index contributed by atoms with van der Waals surface area (Å²) in [5.41, 5.74) is 4.91. The lowest BCUT2D eigenvalue weighted by Crippen LogP contribution is -2.47. The van der Waals surface area contributed by atoms with E-state index in [1.165, 1.54) is 4.31 Å². The van der Waals surface area contributed by atoms with Gasteiger partial charge in [-0.05, 0) is 38.8 Å². The van der Waals surface area contributed by atoms with Crippen LogP contribution in [0.4, 0.5) is 8.78 Å². The topological polar surface area (TPSA) is 63.4 Å². The summed E-state index contributed by atoms with van der Waals surface area (Å²) in [4.78, 5) is -0.495. The van der Waals surface area contributed by atoms with Gasteiger partial charge in [0, 0.05) is 24.2 Å². The Hall–Kier alpha value is -1.05. The van der Waals surface area contributed by atoms with Crippen molar-refractivity contribution in [1.82, 2.24) is 4.31 Å². The molecule has 7 heteroatoms. The zero-order valence-electron chi connectivity index (χ0n) is 12.1. The van der Waals surface area contributed by atoms with Crippen molar-refractivity contribution >= 4 is 10.0 Å². The molecule has 1 aromatic carbocycles. The van der Waals surface area contributed by atoms with E-state index in [1.807, 2.05) is 0 Å². The van der Waals surface area contributed by atoms with Crippen LogP contribution in [0.25, 0.3) is 0 Å². The van der Waals surface area contributed by atoms with E-state index in [-0.39, 0.29) is 18.6 Å². The molecule has 0 radical (unpaired) electrons. The smallest absolute Gasteiger partial charge is 0.246 e. The molecule has 2 atom stereocenters. The number of benzene rings is 1. The zero-order valence-corrected chi connectivity index (χ0v) is 13.0. The average molecular weight is 318 g/mol.